The van der Waals surface area contributed by atoms with Crippen LogP contribution in [0.3, 0.4) is 0 Å². The first kappa shape index (κ1) is 17.2. The summed E-state index contributed by atoms with van der Waals surface area (Å²) < 4.78 is 0. The van der Waals surface area contributed by atoms with Gasteiger partial charge in [-0.25, -0.2) is 4.79 Å². The Labute approximate surface area is 133 Å². The Hall–Kier alpha value is -1.14. The molecule has 6 nitrogen and oxygen atoms in total. The fraction of sp³-hybridized carbons (Fsp3) is 0.875. The van der Waals surface area contributed by atoms with Crippen molar-refractivity contribution in [1.29, 1.82) is 0 Å². The normalized spacial score (nSPS) is 24.5. The third-order valence-corrected chi connectivity index (χ3v) is 4.67. The number of carbonyl (C=O) groups excluding carboxylic acids is 2. The quantitative estimate of drug-likeness (QED) is 0.814. The predicted molar refractivity (Wildman–Crippen MR) is 86.7 cm³/mol. The van der Waals surface area contributed by atoms with Gasteiger partial charge >= 0.3 is 6.03 Å². The van der Waals surface area contributed by atoms with Gasteiger partial charge < -0.3 is 10.2 Å². The minimum atomic E-state index is -0.428. The number of likely N-dealkylation sites (tertiary alicyclic amines) is 2. The van der Waals surface area contributed by atoms with Gasteiger partial charge in [0.15, 0.2) is 0 Å². The lowest BCUT2D eigenvalue weighted by molar-refractivity contribution is -0.121. The number of imide groups is 1. The Kier molecular flexibility index (Phi) is 7.12. The number of hydrogen-bond acceptors (Lipinski definition) is 4. The molecule has 2 heterocycles. The highest BCUT2D eigenvalue weighted by atomic mass is 16.2. The van der Waals surface area contributed by atoms with Crippen LogP contribution in [0.4, 0.5) is 4.79 Å². The summed E-state index contributed by atoms with van der Waals surface area (Å²) in [5, 5.41) is 4.75. The van der Waals surface area contributed by atoms with E-state index in [4.69, 9.17) is 0 Å². The molecule has 0 spiro atoms. The topological polar surface area (TPSA) is 64.7 Å². The zero-order valence-corrected chi connectivity index (χ0v) is 13.8. The van der Waals surface area contributed by atoms with Crippen molar-refractivity contribution in [1.82, 2.24) is 20.4 Å². The minimum Gasteiger partial charge on any atom is -0.341 e. The van der Waals surface area contributed by atoms with Crippen LogP contribution in [0.2, 0.25) is 0 Å². The first-order chi connectivity index (χ1) is 10.7. The maximum atomic E-state index is 11.8. The number of rotatable bonds is 4. The SMILES string of the molecule is CNC(=O)NC(=O)CN1CCC[C@H](CN2CCCCCC2)C1. The fourth-order valence-electron chi connectivity index (χ4n) is 3.56. The number of carbonyl (C=O) groups is 2. The van der Waals surface area contributed by atoms with Crippen LogP contribution < -0.4 is 10.6 Å². The van der Waals surface area contributed by atoms with Gasteiger partial charge in [0.25, 0.3) is 0 Å². The van der Waals surface area contributed by atoms with Crippen molar-refractivity contribution < 1.29 is 9.59 Å². The van der Waals surface area contributed by atoms with E-state index in [1.807, 2.05) is 0 Å². The second-order valence-corrected chi connectivity index (χ2v) is 6.59. The molecule has 0 aromatic heterocycles. The predicted octanol–water partition coefficient (Wildman–Crippen LogP) is 1.03. The van der Waals surface area contributed by atoms with Crippen molar-refractivity contribution in [2.24, 2.45) is 5.92 Å². The van der Waals surface area contributed by atoms with E-state index in [0.29, 0.717) is 12.5 Å². The van der Waals surface area contributed by atoms with Crippen molar-refractivity contribution >= 4 is 11.9 Å². The lowest BCUT2D eigenvalue weighted by Gasteiger charge is -2.35. The number of nitrogens with one attached hydrogen (secondary N) is 2. The molecule has 0 unspecified atom stereocenters. The summed E-state index contributed by atoms with van der Waals surface area (Å²) in [5.41, 5.74) is 0. The van der Waals surface area contributed by atoms with E-state index in [-0.39, 0.29) is 5.91 Å². The van der Waals surface area contributed by atoms with Crippen molar-refractivity contribution in [3.63, 3.8) is 0 Å². The van der Waals surface area contributed by atoms with Crippen molar-refractivity contribution in [3.8, 4) is 0 Å². The van der Waals surface area contributed by atoms with Gasteiger partial charge in [-0.2, -0.15) is 0 Å². The van der Waals surface area contributed by atoms with E-state index in [1.54, 1.807) is 0 Å². The molecule has 1 atom stereocenters. The molecule has 0 aliphatic carbocycles. The van der Waals surface area contributed by atoms with Crippen LogP contribution in [0.25, 0.3) is 0 Å². The Morgan fingerprint density at radius 2 is 1.68 bits per heavy atom. The van der Waals surface area contributed by atoms with Crippen LogP contribution in [-0.4, -0.2) is 68.1 Å². The summed E-state index contributed by atoms with van der Waals surface area (Å²) >= 11 is 0. The van der Waals surface area contributed by atoms with Crippen LogP contribution in [0, 0.1) is 5.92 Å². The first-order valence-corrected chi connectivity index (χ1v) is 8.63. The number of nitrogens with zero attached hydrogens (tertiary/aromatic N) is 2. The molecule has 0 bridgehead atoms. The van der Waals surface area contributed by atoms with E-state index in [0.717, 1.165) is 26.1 Å². The van der Waals surface area contributed by atoms with Crippen LogP contribution in [0.5, 0.6) is 0 Å². The largest absolute Gasteiger partial charge is 0.341 e. The van der Waals surface area contributed by atoms with E-state index in [9.17, 15) is 9.59 Å². The molecule has 2 aliphatic heterocycles. The molecular formula is C16H30N4O2. The third-order valence-electron chi connectivity index (χ3n) is 4.67. The van der Waals surface area contributed by atoms with Crippen LogP contribution in [0.15, 0.2) is 0 Å². The zero-order valence-electron chi connectivity index (χ0n) is 13.8. The highest BCUT2D eigenvalue weighted by Gasteiger charge is 2.24. The minimum absolute atomic E-state index is 0.213. The standard InChI is InChI=1S/C16H30N4O2/c1-17-16(22)18-15(21)13-20-10-6-7-14(12-20)11-19-8-4-2-3-5-9-19/h14H,2-13H2,1H3,(H2,17,18,21,22)/t14-/m1/s1. The zero-order chi connectivity index (χ0) is 15.8. The average molecular weight is 310 g/mol. The lowest BCUT2D eigenvalue weighted by Crippen LogP contribution is -2.47. The van der Waals surface area contributed by atoms with Gasteiger partial charge in [-0.1, -0.05) is 12.8 Å². The molecule has 6 heteroatoms. The van der Waals surface area contributed by atoms with Gasteiger partial charge in [0.05, 0.1) is 6.54 Å². The summed E-state index contributed by atoms with van der Waals surface area (Å²) in [6, 6.07) is -0.428. The average Bonchev–Trinajstić information content (AvgIpc) is 2.76. The third kappa shape index (κ3) is 5.93. The molecule has 2 rings (SSSR count). The Morgan fingerprint density at radius 1 is 1.00 bits per heavy atom. The Balaban J connectivity index is 1.73. The van der Waals surface area contributed by atoms with Crippen LogP contribution in [0.1, 0.15) is 38.5 Å². The molecule has 2 aliphatic rings. The molecule has 2 N–H and O–H groups in total. The lowest BCUT2D eigenvalue weighted by atomic mass is 9.97. The number of urea groups is 1. The maximum Gasteiger partial charge on any atom is 0.321 e. The Morgan fingerprint density at radius 3 is 2.36 bits per heavy atom. The highest BCUT2D eigenvalue weighted by molar-refractivity contribution is 5.95. The molecule has 0 aromatic rings. The van der Waals surface area contributed by atoms with Crippen molar-refractivity contribution in [2.45, 2.75) is 38.5 Å². The monoisotopic (exact) mass is 310 g/mol. The highest BCUT2D eigenvalue weighted by Crippen LogP contribution is 2.19. The molecule has 3 amide bonds. The second-order valence-electron chi connectivity index (χ2n) is 6.59. The van der Waals surface area contributed by atoms with E-state index >= 15 is 0 Å². The Bertz CT molecular complexity index is 367. The number of piperidine rings is 1. The second kappa shape index (κ2) is 9.10. The van der Waals surface area contributed by atoms with E-state index < -0.39 is 6.03 Å². The first-order valence-electron chi connectivity index (χ1n) is 8.63. The number of hydrogen-bond donors (Lipinski definition) is 2. The molecule has 0 aromatic carbocycles. The van der Waals surface area contributed by atoms with E-state index in [2.05, 4.69) is 20.4 Å². The molecule has 2 saturated heterocycles. The summed E-state index contributed by atoms with van der Waals surface area (Å²) in [5.74, 6) is 0.439. The summed E-state index contributed by atoms with van der Waals surface area (Å²) in [6.07, 6.45) is 7.78. The van der Waals surface area contributed by atoms with Gasteiger partial charge in [-0.15, -0.1) is 0 Å². The van der Waals surface area contributed by atoms with Gasteiger partial charge in [0, 0.05) is 20.1 Å². The molecule has 2 fully saturated rings. The molecule has 22 heavy (non-hydrogen) atoms. The summed E-state index contributed by atoms with van der Waals surface area (Å²) in [4.78, 5) is 27.7. The molecule has 0 saturated carbocycles. The van der Waals surface area contributed by atoms with Crippen molar-refractivity contribution in [2.75, 3.05) is 46.3 Å². The van der Waals surface area contributed by atoms with Gasteiger partial charge in [-0.05, 0) is 51.2 Å². The van der Waals surface area contributed by atoms with Crippen molar-refractivity contribution in [3.05, 3.63) is 0 Å². The van der Waals surface area contributed by atoms with Gasteiger partial charge in [-0.3, -0.25) is 15.0 Å². The molecular weight excluding hydrogens is 280 g/mol. The van der Waals surface area contributed by atoms with Gasteiger partial charge in [0.1, 0.15) is 0 Å². The van der Waals surface area contributed by atoms with E-state index in [1.165, 1.54) is 52.2 Å². The van der Waals surface area contributed by atoms with Crippen LogP contribution in [-0.2, 0) is 4.79 Å². The smallest absolute Gasteiger partial charge is 0.321 e. The molecule has 126 valence electrons. The van der Waals surface area contributed by atoms with Crippen LogP contribution >= 0.6 is 0 Å². The van der Waals surface area contributed by atoms with Gasteiger partial charge in [0.2, 0.25) is 5.91 Å². The maximum absolute atomic E-state index is 11.8. The number of amides is 3. The summed E-state index contributed by atoms with van der Waals surface area (Å²) in [7, 11) is 1.51. The summed E-state index contributed by atoms with van der Waals surface area (Å²) in [6.45, 7) is 5.87. The fourth-order valence-corrected chi connectivity index (χ4v) is 3.56. The molecule has 0 radical (unpaired) electrons.